The number of nitrogens with one attached hydrogen (secondary N) is 2. The number of aryl methyl sites for hydroxylation is 2. The summed E-state index contributed by atoms with van der Waals surface area (Å²) in [6.45, 7) is 4.62. The molecule has 0 aromatic carbocycles. The normalized spacial score (nSPS) is 10.8. The molecule has 0 saturated carbocycles. The van der Waals surface area contributed by atoms with E-state index in [0.29, 0.717) is 17.0 Å². The van der Waals surface area contributed by atoms with Crippen molar-refractivity contribution in [2.24, 2.45) is 7.05 Å². The number of carbonyl (C=O) groups is 2. The summed E-state index contributed by atoms with van der Waals surface area (Å²) in [5, 5.41) is 11.0. The number of nitrogens with zero attached hydrogens (tertiary/aromatic N) is 3. The predicted octanol–water partition coefficient (Wildman–Crippen LogP) is 2.02. The molecule has 2 amide bonds. The minimum absolute atomic E-state index is 0.0931. The summed E-state index contributed by atoms with van der Waals surface area (Å²) in [5.74, 6) is -0.296. The lowest BCUT2D eigenvalue weighted by molar-refractivity contribution is 0.0945. The maximum absolute atomic E-state index is 12.2. The van der Waals surface area contributed by atoms with Crippen LogP contribution >= 0.6 is 11.3 Å². The van der Waals surface area contributed by atoms with Crippen LogP contribution in [0, 0.1) is 6.92 Å². The molecule has 7 nitrogen and oxygen atoms in total. The Morgan fingerprint density at radius 2 is 2.04 bits per heavy atom. The molecular formula is C17H19N5O2S. The van der Waals surface area contributed by atoms with E-state index in [4.69, 9.17) is 0 Å². The number of carbonyl (C=O) groups excluding carboxylic acids is 2. The molecule has 3 rings (SSSR count). The van der Waals surface area contributed by atoms with E-state index in [1.807, 2.05) is 27.0 Å². The number of rotatable bonds is 5. The number of fused-ring (bicyclic) bond motifs is 1. The number of aromatic nitrogens is 3. The average molecular weight is 357 g/mol. The van der Waals surface area contributed by atoms with Gasteiger partial charge in [0, 0.05) is 30.9 Å². The summed E-state index contributed by atoms with van der Waals surface area (Å²) < 4.78 is 1.73. The summed E-state index contributed by atoms with van der Waals surface area (Å²) in [6, 6.07) is 5.36. The van der Waals surface area contributed by atoms with Gasteiger partial charge in [-0.25, -0.2) is 0 Å². The molecule has 0 atom stereocenters. The lowest BCUT2D eigenvalue weighted by Gasteiger charge is -2.03. The SMILES string of the molecule is CCNC(=O)c1cc2c(CNC(=O)c3ccc(C)nc3)nn(C)c2s1. The van der Waals surface area contributed by atoms with Gasteiger partial charge in [0.25, 0.3) is 11.8 Å². The smallest absolute Gasteiger partial charge is 0.261 e. The third-order valence-electron chi connectivity index (χ3n) is 3.74. The molecule has 0 fully saturated rings. The molecule has 0 radical (unpaired) electrons. The molecule has 0 aliphatic carbocycles. The van der Waals surface area contributed by atoms with E-state index in [0.717, 1.165) is 21.6 Å². The Morgan fingerprint density at radius 1 is 1.24 bits per heavy atom. The van der Waals surface area contributed by atoms with Gasteiger partial charge in [-0.05, 0) is 32.0 Å². The van der Waals surface area contributed by atoms with E-state index in [1.165, 1.54) is 11.3 Å². The highest BCUT2D eigenvalue weighted by Crippen LogP contribution is 2.28. The fourth-order valence-electron chi connectivity index (χ4n) is 2.47. The van der Waals surface area contributed by atoms with Crippen LogP contribution < -0.4 is 10.6 Å². The van der Waals surface area contributed by atoms with Crippen molar-refractivity contribution in [1.82, 2.24) is 25.4 Å². The second-order valence-electron chi connectivity index (χ2n) is 5.63. The van der Waals surface area contributed by atoms with E-state index >= 15 is 0 Å². The van der Waals surface area contributed by atoms with Gasteiger partial charge in [0.15, 0.2) is 0 Å². The molecule has 3 aromatic rings. The van der Waals surface area contributed by atoms with Crippen molar-refractivity contribution in [2.45, 2.75) is 20.4 Å². The van der Waals surface area contributed by atoms with E-state index in [9.17, 15) is 9.59 Å². The van der Waals surface area contributed by atoms with Gasteiger partial charge in [0.05, 0.1) is 22.7 Å². The Morgan fingerprint density at radius 3 is 2.72 bits per heavy atom. The molecule has 130 valence electrons. The quantitative estimate of drug-likeness (QED) is 0.731. The summed E-state index contributed by atoms with van der Waals surface area (Å²) in [5.41, 5.74) is 2.10. The van der Waals surface area contributed by atoms with Crippen LogP contribution in [-0.2, 0) is 13.6 Å². The molecule has 0 aliphatic heterocycles. The molecule has 3 aromatic heterocycles. The Bertz CT molecular complexity index is 927. The van der Waals surface area contributed by atoms with Gasteiger partial charge in [-0.15, -0.1) is 11.3 Å². The predicted molar refractivity (Wildman–Crippen MR) is 96.7 cm³/mol. The van der Waals surface area contributed by atoms with Gasteiger partial charge in [0.2, 0.25) is 0 Å². The molecular weight excluding hydrogens is 338 g/mol. The fraction of sp³-hybridized carbons (Fsp3) is 0.294. The van der Waals surface area contributed by atoms with Crippen molar-refractivity contribution in [1.29, 1.82) is 0 Å². The zero-order valence-electron chi connectivity index (χ0n) is 14.3. The Kier molecular flexibility index (Phi) is 4.80. The second-order valence-corrected chi connectivity index (χ2v) is 6.66. The average Bonchev–Trinajstić information content (AvgIpc) is 3.15. The van der Waals surface area contributed by atoms with Crippen LogP contribution in [0.2, 0.25) is 0 Å². The van der Waals surface area contributed by atoms with Crippen LogP contribution in [-0.4, -0.2) is 33.1 Å². The zero-order valence-corrected chi connectivity index (χ0v) is 15.1. The van der Waals surface area contributed by atoms with Crippen molar-refractivity contribution < 1.29 is 9.59 Å². The van der Waals surface area contributed by atoms with E-state index in [1.54, 1.807) is 23.0 Å². The van der Waals surface area contributed by atoms with Crippen LogP contribution in [0.3, 0.4) is 0 Å². The van der Waals surface area contributed by atoms with Crippen molar-refractivity contribution in [2.75, 3.05) is 6.54 Å². The molecule has 0 spiro atoms. The summed E-state index contributed by atoms with van der Waals surface area (Å²) >= 11 is 1.39. The van der Waals surface area contributed by atoms with Crippen molar-refractivity contribution >= 4 is 33.4 Å². The van der Waals surface area contributed by atoms with Crippen LogP contribution in [0.1, 0.15) is 38.3 Å². The van der Waals surface area contributed by atoms with Gasteiger partial charge in [0.1, 0.15) is 4.83 Å². The van der Waals surface area contributed by atoms with Crippen LogP contribution in [0.15, 0.2) is 24.4 Å². The van der Waals surface area contributed by atoms with Gasteiger partial charge in [-0.2, -0.15) is 5.10 Å². The third-order valence-corrected chi connectivity index (χ3v) is 4.94. The molecule has 0 aliphatic rings. The fourth-order valence-corrected chi connectivity index (χ4v) is 3.48. The first-order valence-corrected chi connectivity index (χ1v) is 8.75. The standard InChI is InChI=1S/C17H19N5O2S/c1-4-18-16(24)14-7-12-13(21-22(3)17(12)25-14)9-20-15(23)11-6-5-10(2)19-8-11/h5-8H,4,9H2,1-3H3,(H,18,24)(H,20,23). The lowest BCUT2D eigenvalue weighted by atomic mass is 10.2. The third kappa shape index (κ3) is 3.53. The van der Waals surface area contributed by atoms with E-state index in [2.05, 4.69) is 20.7 Å². The van der Waals surface area contributed by atoms with Crippen LogP contribution in [0.25, 0.3) is 10.2 Å². The minimum Gasteiger partial charge on any atom is -0.352 e. The molecule has 3 heterocycles. The maximum atomic E-state index is 12.2. The Hall–Kier alpha value is -2.74. The molecule has 0 saturated heterocycles. The number of amides is 2. The molecule has 2 N–H and O–H groups in total. The van der Waals surface area contributed by atoms with Crippen molar-refractivity contribution in [3.8, 4) is 0 Å². The number of hydrogen-bond acceptors (Lipinski definition) is 5. The largest absolute Gasteiger partial charge is 0.352 e. The molecule has 25 heavy (non-hydrogen) atoms. The Balaban J connectivity index is 1.78. The highest BCUT2D eigenvalue weighted by atomic mass is 32.1. The van der Waals surface area contributed by atoms with Crippen molar-refractivity contribution in [3.63, 3.8) is 0 Å². The summed E-state index contributed by atoms with van der Waals surface area (Å²) in [4.78, 5) is 29.9. The van der Waals surface area contributed by atoms with E-state index < -0.39 is 0 Å². The number of thiophene rings is 1. The van der Waals surface area contributed by atoms with Gasteiger partial charge >= 0.3 is 0 Å². The number of hydrogen-bond donors (Lipinski definition) is 2. The van der Waals surface area contributed by atoms with E-state index in [-0.39, 0.29) is 18.4 Å². The number of pyridine rings is 1. The molecule has 8 heteroatoms. The topological polar surface area (TPSA) is 88.9 Å². The van der Waals surface area contributed by atoms with Crippen LogP contribution in [0.5, 0.6) is 0 Å². The lowest BCUT2D eigenvalue weighted by Crippen LogP contribution is -2.23. The molecule has 0 bridgehead atoms. The first-order chi connectivity index (χ1) is 12.0. The maximum Gasteiger partial charge on any atom is 0.261 e. The highest BCUT2D eigenvalue weighted by Gasteiger charge is 2.17. The van der Waals surface area contributed by atoms with Crippen LogP contribution in [0.4, 0.5) is 0 Å². The first-order valence-electron chi connectivity index (χ1n) is 7.94. The highest BCUT2D eigenvalue weighted by molar-refractivity contribution is 7.20. The summed E-state index contributed by atoms with van der Waals surface area (Å²) in [6.07, 6.45) is 1.55. The van der Waals surface area contributed by atoms with Crippen molar-refractivity contribution in [3.05, 3.63) is 46.2 Å². The molecule has 0 unspecified atom stereocenters. The monoisotopic (exact) mass is 357 g/mol. The van der Waals surface area contributed by atoms with Gasteiger partial charge in [-0.3, -0.25) is 19.3 Å². The summed E-state index contributed by atoms with van der Waals surface area (Å²) in [7, 11) is 1.83. The zero-order chi connectivity index (χ0) is 18.0. The Labute approximate surface area is 149 Å². The minimum atomic E-state index is -0.203. The first kappa shape index (κ1) is 17.1. The van der Waals surface area contributed by atoms with Gasteiger partial charge in [-0.1, -0.05) is 0 Å². The van der Waals surface area contributed by atoms with Gasteiger partial charge < -0.3 is 10.6 Å². The second kappa shape index (κ2) is 7.02.